The first-order chi connectivity index (χ1) is 16.7. The van der Waals surface area contributed by atoms with E-state index in [4.69, 9.17) is 9.26 Å². The lowest BCUT2D eigenvalue weighted by Gasteiger charge is -2.07. The fourth-order valence-corrected chi connectivity index (χ4v) is 3.07. The summed E-state index contributed by atoms with van der Waals surface area (Å²) in [6.07, 6.45) is 0. The fraction of sp³-hybridized carbons (Fsp3) is 0.278. The van der Waals surface area contributed by atoms with Crippen molar-refractivity contribution in [1.29, 1.82) is 0 Å². The van der Waals surface area contributed by atoms with Crippen molar-refractivity contribution in [2.45, 2.75) is 13.5 Å². The standard InChI is InChI=1S/C18H17BrN8O8/c1-10-15(19)16(27(32)33)23-25(10)8-13-22-18(35-24-13)17(29)21-7-6-20-14(28)9-34-12-4-2-11(3-5-12)26(30)31/h2-5H,6-9H2,1H3,(H,20,28)(H,21,29). The van der Waals surface area contributed by atoms with E-state index >= 15 is 0 Å². The zero-order valence-corrected chi connectivity index (χ0v) is 19.6. The Labute approximate surface area is 204 Å². The SMILES string of the molecule is Cc1c(Br)c([N+](=O)[O-])nn1Cc1noc(C(=O)NCCNC(=O)COc2ccc([N+](=O)[O-])cc2)n1. The number of benzene rings is 1. The number of rotatable bonds is 11. The molecule has 2 aromatic heterocycles. The Kier molecular flexibility index (Phi) is 8.03. The van der Waals surface area contributed by atoms with Crippen molar-refractivity contribution < 1.29 is 28.7 Å². The van der Waals surface area contributed by atoms with Crippen LogP contribution in [0.4, 0.5) is 11.5 Å². The van der Waals surface area contributed by atoms with Crippen LogP contribution >= 0.6 is 15.9 Å². The molecule has 2 N–H and O–H groups in total. The summed E-state index contributed by atoms with van der Waals surface area (Å²) in [6.45, 7) is 1.37. The molecule has 16 nitrogen and oxygen atoms in total. The summed E-state index contributed by atoms with van der Waals surface area (Å²) in [5, 5.41) is 34.1. The molecule has 3 aromatic rings. The summed E-state index contributed by atoms with van der Waals surface area (Å²) in [5.41, 5.74) is 0.375. The van der Waals surface area contributed by atoms with E-state index in [0.29, 0.717) is 11.4 Å². The maximum absolute atomic E-state index is 12.1. The van der Waals surface area contributed by atoms with Crippen LogP contribution in [0.5, 0.6) is 5.75 Å². The average molecular weight is 553 g/mol. The fourth-order valence-electron chi connectivity index (χ4n) is 2.64. The quantitative estimate of drug-likeness (QED) is 0.195. The Bertz CT molecular complexity index is 1260. The van der Waals surface area contributed by atoms with E-state index in [1.165, 1.54) is 28.9 Å². The minimum Gasteiger partial charge on any atom is -0.484 e. The number of carbonyl (C=O) groups excluding carboxylic acids is 2. The number of nitro groups is 2. The largest absolute Gasteiger partial charge is 0.484 e. The minimum atomic E-state index is -0.676. The average Bonchev–Trinajstić information content (AvgIpc) is 3.41. The maximum Gasteiger partial charge on any atom is 0.404 e. The number of amides is 2. The van der Waals surface area contributed by atoms with Gasteiger partial charge in [-0.05, 0) is 39.9 Å². The van der Waals surface area contributed by atoms with Gasteiger partial charge in [0.05, 0.1) is 15.7 Å². The monoisotopic (exact) mass is 552 g/mol. The minimum absolute atomic E-state index is 0.0528. The van der Waals surface area contributed by atoms with Crippen LogP contribution < -0.4 is 15.4 Å². The van der Waals surface area contributed by atoms with E-state index in [1.54, 1.807) is 6.92 Å². The normalized spacial score (nSPS) is 10.6. The van der Waals surface area contributed by atoms with Gasteiger partial charge in [-0.25, -0.2) is 0 Å². The van der Waals surface area contributed by atoms with Gasteiger partial charge in [0, 0.05) is 25.2 Å². The van der Waals surface area contributed by atoms with Crippen LogP contribution in [0.25, 0.3) is 0 Å². The van der Waals surface area contributed by atoms with Gasteiger partial charge < -0.3 is 30.0 Å². The van der Waals surface area contributed by atoms with E-state index in [-0.39, 0.29) is 53.9 Å². The van der Waals surface area contributed by atoms with E-state index in [0.717, 1.165) is 0 Å². The molecule has 1 aromatic carbocycles. The number of non-ortho nitro benzene ring substituents is 1. The second kappa shape index (κ2) is 11.1. The Morgan fingerprint density at radius 2 is 1.83 bits per heavy atom. The second-order valence-corrected chi connectivity index (χ2v) is 7.59. The predicted octanol–water partition coefficient (Wildman–Crippen LogP) is 1.13. The molecular weight excluding hydrogens is 536 g/mol. The van der Waals surface area contributed by atoms with Crippen molar-refractivity contribution in [3.8, 4) is 5.75 Å². The Morgan fingerprint density at radius 3 is 2.46 bits per heavy atom. The predicted molar refractivity (Wildman–Crippen MR) is 119 cm³/mol. The molecule has 0 spiro atoms. The van der Waals surface area contributed by atoms with Crippen LogP contribution in [-0.2, 0) is 11.3 Å². The van der Waals surface area contributed by atoms with Crippen LogP contribution in [0.1, 0.15) is 22.2 Å². The van der Waals surface area contributed by atoms with E-state index < -0.39 is 21.7 Å². The number of nitro benzene ring substituents is 1. The number of ether oxygens (including phenoxy) is 1. The van der Waals surface area contributed by atoms with Gasteiger partial charge >= 0.3 is 17.6 Å². The highest BCUT2D eigenvalue weighted by Gasteiger charge is 2.25. The van der Waals surface area contributed by atoms with Gasteiger partial charge in [0.15, 0.2) is 12.4 Å². The molecule has 35 heavy (non-hydrogen) atoms. The third-order valence-electron chi connectivity index (χ3n) is 4.39. The van der Waals surface area contributed by atoms with Crippen LogP contribution in [0.2, 0.25) is 0 Å². The molecule has 3 rings (SSSR count). The zero-order chi connectivity index (χ0) is 25.5. The maximum atomic E-state index is 12.1. The van der Waals surface area contributed by atoms with Crippen LogP contribution in [-0.4, -0.2) is 61.3 Å². The molecule has 0 fully saturated rings. The van der Waals surface area contributed by atoms with Gasteiger partial charge in [-0.2, -0.15) is 9.67 Å². The first-order valence-corrected chi connectivity index (χ1v) is 10.6. The molecule has 0 aliphatic rings. The van der Waals surface area contributed by atoms with Crippen molar-refractivity contribution in [2.75, 3.05) is 19.7 Å². The van der Waals surface area contributed by atoms with Crippen LogP contribution in [0, 0.1) is 27.2 Å². The first-order valence-electron chi connectivity index (χ1n) is 9.77. The van der Waals surface area contributed by atoms with Gasteiger partial charge in [0.2, 0.25) is 0 Å². The summed E-state index contributed by atoms with van der Waals surface area (Å²) < 4.78 is 11.7. The van der Waals surface area contributed by atoms with Gasteiger partial charge in [-0.3, -0.25) is 19.7 Å². The van der Waals surface area contributed by atoms with E-state index in [2.05, 4.69) is 41.8 Å². The molecule has 0 saturated carbocycles. The summed E-state index contributed by atoms with van der Waals surface area (Å²) in [4.78, 5) is 48.3. The lowest BCUT2D eigenvalue weighted by Crippen LogP contribution is -2.36. The third-order valence-corrected chi connectivity index (χ3v) is 5.32. The topological polar surface area (TPSA) is 210 Å². The van der Waals surface area contributed by atoms with Crippen molar-refractivity contribution in [3.63, 3.8) is 0 Å². The van der Waals surface area contributed by atoms with Gasteiger partial charge in [-0.15, -0.1) is 0 Å². The molecule has 0 unspecified atom stereocenters. The number of nitrogens with one attached hydrogen (secondary N) is 2. The van der Waals surface area contributed by atoms with Gasteiger partial charge in [0.1, 0.15) is 16.8 Å². The number of carbonyl (C=O) groups is 2. The summed E-state index contributed by atoms with van der Waals surface area (Å²) in [5.74, 6) is -1.45. The van der Waals surface area contributed by atoms with E-state index in [9.17, 15) is 29.8 Å². The third kappa shape index (κ3) is 6.56. The summed E-state index contributed by atoms with van der Waals surface area (Å²) in [7, 11) is 0. The Balaban J connectivity index is 1.40. The number of halogens is 1. The summed E-state index contributed by atoms with van der Waals surface area (Å²) in [6, 6.07) is 5.26. The van der Waals surface area contributed by atoms with Crippen LogP contribution in [0.15, 0.2) is 33.3 Å². The van der Waals surface area contributed by atoms with Gasteiger partial charge in [-0.1, -0.05) is 5.16 Å². The molecule has 0 atom stereocenters. The summed E-state index contributed by atoms with van der Waals surface area (Å²) >= 11 is 3.10. The highest BCUT2D eigenvalue weighted by molar-refractivity contribution is 9.10. The van der Waals surface area contributed by atoms with Crippen molar-refractivity contribution in [3.05, 3.63) is 66.4 Å². The molecule has 184 valence electrons. The van der Waals surface area contributed by atoms with Crippen LogP contribution in [0.3, 0.4) is 0 Å². The zero-order valence-electron chi connectivity index (χ0n) is 18.0. The second-order valence-electron chi connectivity index (χ2n) is 6.80. The molecule has 17 heteroatoms. The van der Waals surface area contributed by atoms with E-state index in [1.807, 2.05) is 0 Å². The Morgan fingerprint density at radius 1 is 1.14 bits per heavy atom. The van der Waals surface area contributed by atoms with Crippen molar-refractivity contribution in [2.24, 2.45) is 0 Å². The highest BCUT2D eigenvalue weighted by Crippen LogP contribution is 2.27. The Hall–Kier alpha value is -4.41. The molecular formula is C18H17BrN8O8. The number of aromatic nitrogens is 4. The lowest BCUT2D eigenvalue weighted by molar-refractivity contribution is -0.390. The molecule has 0 radical (unpaired) electrons. The number of hydrogen-bond donors (Lipinski definition) is 2. The molecule has 0 aliphatic heterocycles. The molecule has 0 saturated heterocycles. The smallest absolute Gasteiger partial charge is 0.404 e. The molecule has 0 bridgehead atoms. The molecule has 0 aliphatic carbocycles. The first kappa shape index (κ1) is 25.2. The number of hydrogen-bond acceptors (Lipinski definition) is 11. The highest BCUT2D eigenvalue weighted by atomic mass is 79.9. The van der Waals surface area contributed by atoms with Crippen molar-refractivity contribution >= 4 is 39.2 Å². The lowest BCUT2D eigenvalue weighted by atomic mass is 10.3. The number of nitrogens with zero attached hydrogens (tertiary/aromatic N) is 6. The van der Waals surface area contributed by atoms with Gasteiger partial charge in [0.25, 0.3) is 11.6 Å². The van der Waals surface area contributed by atoms with Crippen molar-refractivity contribution in [1.82, 2.24) is 30.6 Å². The molecule has 2 amide bonds. The molecule has 2 heterocycles.